The highest BCUT2D eigenvalue weighted by molar-refractivity contribution is 7.89. The van der Waals surface area contributed by atoms with Gasteiger partial charge in [-0.3, -0.25) is 0 Å². The topological polar surface area (TPSA) is 55.8 Å². The highest BCUT2D eigenvalue weighted by Crippen LogP contribution is 2.31. The van der Waals surface area contributed by atoms with Gasteiger partial charge in [-0.15, -0.1) is 0 Å². The van der Waals surface area contributed by atoms with E-state index in [1.165, 1.54) is 17.4 Å². The number of halogens is 1. The standard InChI is InChI=1S/C17H18ClNO4S/c1-12-7-8-17(14(18)9-12)24(20,21)19(2)10-13-11-22-15-5-3-4-6-16(15)23-13/h3-9,13H,10-11H2,1-2H3/t13-/m1/s1. The number of hydrogen-bond acceptors (Lipinski definition) is 4. The molecule has 1 atom stereocenters. The van der Waals surface area contributed by atoms with Crippen LogP contribution in [0.3, 0.4) is 0 Å². The van der Waals surface area contributed by atoms with Gasteiger partial charge in [0.15, 0.2) is 11.5 Å². The SMILES string of the molecule is Cc1ccc(S(=O)(=O)N(C)C[C@@H]2COc3ccccc3O2)c(Cl)c1. The zero-order valence-corrected chi connectivity index (χ0v) is 15.0. The lowest BCUT2D eigenvalue weighted by molar-refractivity contribution is 0.0798. The van der Waals surface area contributed by atoms with Crippen molar-refractivity contribution in [2.24, 2.45) is 0 Å². The molecule has 0 fully saturated rings. The van der Waals surface area contributed by atoms with Gasteiger partial charge in [-0.2, -0.15) is 4.31 Å². The van der Waals surface area contributed by atoms with Gasteiger partial charge in [0.25, 0.3) is 0 Å². The molecule has 0 radical (unpaired) electrons. The van der Waals surface area contributed by atoms with Gasteiger partial charge in [0.2, 0.25) is 10.0 Å². The maximum atomic E-state index is 12.7. The number of para-hydroxylation sites is 2. The van der Waals surface area contributed by atoms with E-state index in [1.54, 1.807) is 18.2 Å². The maximum absolute atomic E-state index is 12.7. The Morgan fingerprint density at radius 3 is 2.62 bits per heavy atom. The molecular weight excluding hydrogens is 350 g/mol. The van der Waals surface area contributed by atoms with Crippen LogP contribution in [0.5, 0.6) is 11.5 Å². The second-order valence-corrected chi connectivity index (χ2v) is 8.14. The van der Waals surface area contributed by atoms with Crippen LogP contribution in [-0.2, 0) is 10.0 Å². The van der Waals surface area contributed by atoms with Gasteiger partial charge in [0.1, 0.15) is 17.6 Å². The zero-order valence-electron chi connectivity index (χ0n) is 13.4. The molecule has 0 aromatic heterocycles. The summed E-state index contributed by atoms with van der Waals surface area (Å²) in [5, 5.41) is 0.216. The first-order valence-electron chi connectivity index (χ1n) is 7.49. The van der Waals surface area contributed by atoms with Crippen LogP contribution < -0.4 is 9.47 Å². The third-order valence-corrected chi connectivity index (χ3v) is 6.11. The van der Waals surface area contributed by atoms with E-state index in [0.29, 0.717) is 18.1 Å². The second-order valence-electron chi connectivity index (χ2n) is 5.72. The molecule has 0 bridgehead atoms. The van der Waals surface area contributed by atoms with Crippen LogP contribution in [0.15, 0.2) is 47.4 Å². The van der Waals surface area contributed by atoms with Gasteiger partial charge in [-0.1, -0.05) is 29.8 Å². The Hall–Kier alpha value is -1.76. The van der Waals surface area contributed by atoms with Crippen molar-refractivity contribution in [2.45, 2.75) is 17.9 Å². The molecular formula is C17H18ClNO4S. The van der Waals surface area contributed by atoms with Crippen molar-refractivity contribution >= 4 is 21.6 Å². The summed E-state index contributed by atoms with van der Waals surface area (Å²) in [6.07, 6.45) is -0.385. The number of rotatable bonds is 4. The molecule has 0 amide bonds. The molecule has 7 heteroatoms. The number of fused-ring (bicyclic) bond motifs is 1. The highest BCUT2D eigenvalue weighted by atomic mass is 35.5. The van der Waals surface area contributed by atoms with Gasteiger partial charge >= 0.3 is 0 Å². The lowest BCUT2D eigenvalue weighted by atomic mass is 10.2. The molecule has 2 aromatic carbocycles. The summed E-state index contributed by atoms with van der Waals surface area (Å²) in [5.74, 6) is 1.29. The second kappa shape index (κ2) is 6.63. The van der Waals surface area contributed by atoms with Crippen molar-refractivity contribution in [1.29, 1.82) is 0 Å². The molecule has 24 heavy (non-hydrogen) atoms. The third-order valence-electron chi connectivity index (χ3n) is 3.80. The van der Waals surface area contributed by atoms with Crippen molar-refractivity contribution in [3.05, 3.63) is 53.1 Å². The Labute approximate surface area is 146 Å². The van der Waals surface area contributed by atoms with E-state index >= 15 is 0 Å². The first-order valence-corrected chi connectivity index (χ1v) is 9.30. The fourth-order valence-electron chi connectivity index (χ4n) is 2.52. The molecule has 1 aliphatic rings. The third kappa shape index (κ3) is 3.36. The molecule has 0 saturated heterocycles. The predicted molar refractivity (Wildman–Crippen MR) is 92.4 cm³/mol. The van der Waals surface area contributed by atoms with Gasteiger partial charge < -0.3 is 9.47 Å². The average molecular weight is 368 g/mol. The van der Waals surface area contributed by atoms with E-state index < -0.39 is 10.0 Å². The van der Waals surface area contributed by atoms with E-state index in [4.69, 9.17) is 21.1 Å². The lowest BCUT2D eigenvalue weighted by Crippen LogP contribution is -2.41. The Balaban J connectivity index is 1.76. The molecule has 128 valence electrons. The van der Waals surface area contributed by atoms with Crippen LogP contribution >= 0.6 is 11.6 Å². The summed E-state index contributed by atoms with van der Waals surface area (Å²) in [6.45, 7) is 2.32. The highest BCUT2D eigenvalue weighted by Gasteiger charge is 2.29. The summed E-state index contributed by atoms with van der Waals surface area (Å²) in [6, 6.07) is 12.2. The largest absolute Gasteiger partial charge is 0.486 e. The minimum absolute atomic E-state index is 0.0920. The molecule has 0 unspecified atom stereocenters. The first kappa shape index (κ1) is 17.1. The Morgan fingerprint density at radius 2 is 1.92 bits per heavy atom. The Kier molecular flexibility index (Phi) is 4.71. The molecule has 0 aliphatic carbocycles. The molecule has 0 saturated carbocycles. The van der Waals surface area contributed by atoms with Crippen LogP contribution in [0, 0.1) is 6.92 Å². The predicted octanol–water partition coefficient (Wildman–Crippen LogP) is 3.11. The summed E-state index contributed by atoms with van der Waals surface area (Å²) in [5.41, 5.74) is 0.905. The number of sulfonamides is 1. The Morgan fingerprint density at radius 1 is 1.21 bits per heavy atom. The lowest BCUT2D eigenvalue weighted by Gasteiger charge is -2.29. The fourth-order valence-corrected chi connectivity index (χ4v) is 4.29. The van der Waals surface area contributed by atoms with Crippen molar-refractivity contribution in [1.82, 2.24) is 4.31 Å². The number of aryl methyl sites for hydroxylation is 1. The molecule has 5 nitrogen and oxygen atoms in total. The monoisotopic (exact) mass is 367 g/mol. The minimum atomic E-state index is -3.70. The summed E-state index contributed by atoms with van der Waals surface area (Å²) in [4.78, 5) is 0.0920. The normalized spacial score (nSPS) is 17.1. The van der Waals surface area contributed by atoms with E-state index in [-0.39, 0.29) is 22.6 Å². The smallest absolute Gasteiger partial charge is 0.244 e. The number of ether oxygens (including phenoxy) is 2. The number of nitrogens with zero attached hydrogens (tertiary/aromatic N) is 1. The van der Waals surface area contributed by atoms with Gasteiger partial charge in [0.05, 0.1) is 11.6 Å². The minimum Gasteiger partial charge on any atom is -0.486 e. The summed E-state index contributed by atoms with van der Waals surface area (Å²) in [7, 11) is -2.19. The molecule has 1 aliphatic heterocycles. The molecule has 0 spiro atoms. The van der Waals surface area contributed by atoms with E-state index in [1.807, 2.05) is 25.1 Å². The molecule has 1 heterocycles. The summed E-state index contributed by atoms with van der Waals surface area (Å²) >= 11 is 6.11. The van der Waals surface area contributed by atoms with Gasteiger partial charge in [-0.25, -0.2) is 8.42 Å². The van der Waals surface area contributed by atoms with Crippen LogP contribution in [0.1, 0.15) is 5.56 Å². The molecule has 0 N–H and O–H groups in total. The van der Waals surface area contributed by atoms with Crippen molar-refractivity contribution in [2.75, 3.05) is 20.2 Å². The first-order chi connectivity index (χ1) is 11.4. The van der Waals surface area contributed by atoms with Crippen molar-refractivity contribution < 1.29 is 17.9 Å². The van der Waals surface area contributed by atoms with Crippen molar-refractivity contribution in [3.63, 3.8) is 0 Å². The number of likely N-dealkylation sites (N-methyl/N-ethyl adjacent to an activating group) is 1. The van der Waals surface area contributed by atoms with Gasteiger partial charge in [-0.05, 0) is 36.8 Å². The van der Waals surface area contributed by atoms with Crippen LogP contribution in [-0.4, -0.2) is 39.0 Å². The number of hydrogen-bond donors (Lipinski definition) is 0. The number of benzene rings is 2. The van der Waals surface area contributed by atoms with E-state index in [0.717, 1.165) is 5.56 Å². The maximum Gasteiger partial charge on any atom is 0.244 e. The van der Waals surface area contributed by atoms with Gasteiger partial charge in [0, 0.05) is 7.05 Å². The summed E-state index contributed by atoms with van der Waals surface area (Å²) < 4.78 is 38.1. The Bertz CT molecular complexity index is 853. The molecule has 2 aromatic rings. The average Bonchev–Trinajstić information content (AvgIpc) is 2.54. The van der Waals surface area contributed by atoms with Crippen LogP contribution in [0.2, 0.25) is 5.02 Å². The van der Waals surface area contributed by atoms with Crippen LogP contribution in [0.25, 0.3) is 0 Å². The van der Waals surface area contributed by atoms with Crippen molar-refractivity contribution in [3.8, 4) is 11.5 Å². The van der Waals surface area contributed by atoms with E-state index in [2.05, 4.69) is 0 Å². The zero-order chi connectivity index (χ0) is 17.3. The quantitative estimate of drug-likeness (QED) is 0.833. The molecule has 3 rings (SSSR count). The van der Waals surface area contributed by atoms with E-state index in [9.17, 15) is 8.42 Å². The fraction of sp³-hybridized carbons (Fsp3) is 0.294. The van der Waals surface area contributed by atoms with Crippen LogP contribution in [0.4, 0.5) is 0 Å².